The molecule has 4 heterocycles. The molecule has 6 aromatic rings. The molecule has 4 aromatic heterocycles. The Morgan fingerprint density at radius 2 is 1.92 bits per heavy atom. The summed E-state index contributed by atoms with van der Waals surface area (Å²) in [7, 11) is 0. The first-order valence-electron chi connectivity index (χ1n) is 11.9. The van der Waals surface area contributed by atoms with Gasteiger partial charge in [0.25, 0.3) is 11.5 Å². The summed E-state index contributed by atoms with van der Waals surface area (Å²) in [6.07, 6.45) is 3.22. The van der Waals surface area contributed by atoms with Crippen LogP contribution in [0, 0.1) is 11.8 Å². The van der Waals surface area contributed by atoms with Crippen molar-refractivity contribution in [3.8, 4) is 17.5 Å². The molecule has 39 heavy (non-hydrogen) atoms. The van der Waals surface area contributed by atoms with Crippen LogP contribution in [0.4, 0.5) is 5.82 Å². The zero-order chi connectivity index (χ0) is 26.9. The number of fused-ring (bicyclic) bond motifs is 2. The van der Waals surface area contributed by atoms with Crippen molar-refractivity contribution in [2.24, 2.45) is 0 Å². The van der Waals surface area contributed by atoms with Crippen LogP contribution in [0.1, 0.15) is 40.4 Å². The third-order valence-corrected chi connectivity index (χ3v) is 6.67. The molecule has 3 N–H and O–H groups in total. The molecule has 0 saturated carbocycles. The monoisotopic (exact) mass is 532 g/mol. The van der Waals surface area contributed by atoms with E-state index in [9.17, 15) is 9.59 Å². The smallest absolute Gasteiger partial charge is 0.267 e. The predicted molar refractivity (Wildman–Crippen MR) is 149 cm³/mol. The number of nitrogen functional groups attached to an aromatic ring is 1. The van der Waals surface area contributed by atoms with Crippen molar-refractivity contribution in [2.45, 2.75) is 13.0 Å². The maximum Gasteiger partial charge on any atom is 0.267 e. The molecule has 0 aliphatic carbocycles. The second-order valence-electron chi connectivity index (χ2n) is 8.61. The van der Waals surface area contributed by atoms with E-state index in [0.29, 0.717) is 39.3 Å². The molecule has 1 amide bonds. The fourth-order valence-corrected chi connectivity index (χ4v) is 4.81. The summed E-state index contributed by atoms with van der Waals surface area (Å²) in [5.41, 5.74) is 10.2. The number of nitrogens with one attached hydrogen (secondary N) is 1. The maximum absolute atomic E-state index is 14.1. The van der Waals surface area contributed by atoms with Gasteiger partial charge in [0.2, 0.25) is 0 Å². The number of hydrogen-bond acceptors (Lipinski definition) is 8. The lowest BCUT2D eigenvalue weighted by Gasteiger charge is -2.20. The van der Waals surface area contributed by atoms with Gasteiger partial charge in [0.15, 0.2) is 11.5 Å². The van der Waals surface area contributed by atoms with E-state index >= 15 is 0 Å². The molecular formula is C28H20N8O2S. The zero-order valence-corrected chi connectivity index (χ0v) is 21.4. The summed E-state index contributed by atoms with van der Waals surface area (Å²) in [4.78, 5) is 40.7. The number of nitrogens with two attached hydrogens (primary N) is 1. The molecule has 11 heteroatoms. The third-order valence-electron chi connectivity index (χ3n) is 6.08. The average molecular weight is 533 g/mol. The number of anilines is 1. The van der Waals surface area contributed by atoms with Crippen LogP contribution >= 0.6 is 11.3 Å². The molecular weight excluding hydrogens is 512 g/mol. The zero-order valence-electron chi connectivity index (χ0n) is 20.6. The van der Waals surface area contributed by atoms with Crippen molar-refractivity contribution >= 4 is 39.6 Å². The van der Waals surface area contributed by atoms with E-state index in [1.165, 1.54) is 20.4 Å². The molecule has 6 rings (SSSR count). The van der Waals surface area contributed by atoms with Crippen molar-refractivity contribution in [1.82, 2.24) is 34.4 Å². The number of aromatic nitrogens is 6. The van der Waals surface area contributed by atoms with Crippen molar-refractivity contribution in [3.63, 3.8) is 0 Å². The summed E-state index contributed by atoms with van der Waals surface area (Å²) in [6.45, 7) is 1.76. The Morgan fingerprint density at radius 1 is 1.08 bits per heavy atom. The molecule has 0 spiro atoms. The molecule has 0 bridgehead atoms. The summed E-state index contributed by atoms with van der Waals surface area (Å²) in [5, 5.41) is 9.30. The van der Waals surface area contributed by atoms with Crippen LogP contribution < -0.4 is 16.6 Å². The number of carbonyl (C=O) groups excluding carboxylic acids is 1. The first-order chi connectivity index (χ1) is 19.0. The predicted octanol–water partition coefficient (Wildman–Crippen LogP) is 3.36. The van der Waals surface area contributed by atoms with E-state index in [2.05, 4.69) is 32.2 Å². The van der Waals surface area contributed by atoms with Gasteiger partial charge in [-0.05, 0) is 43.2 Å². The quantitative estimate of drug-likeness (QED) is 0.333. The first kappa shape index (κ1) is 24.0. The summed E-state index contributed by atoms with van der Waals surface area (Å²) in [5.74, 6) is 6.00. The van der Waals surface area contributed by atoms with E-state index in [1.807, 2.05) is 35.7 Å². The number of hydrogen-bond donors (Lipinski definition) is 2. The summed E-state index contributed by atoms with van der Waals surface area (Å²) < 4.78 is 2.94. The second kappa shape index (κ2) is 9.85. The van der Waals surface area contributed by atoms with Crippen molar-refractivity contribution in [3.05, 3.63) is 111 Å². The minimum absolute atomic E-state index is 0.0497. The van der Waals surface area contributed by atoms with Crippen LogP contribution in [0.2, 0.25) is 0 Å². The molecule has 0 aliphatic heterocycles. The number of carbonyl (C=O) groups is 1. The highest BCUT2D eigenvalue weighted by atomic mass is 32.1. The molecule has 190 valence electrons. The third kappa shape index (κ3) is 4.39. The molecule has 0 radical (unpaired) electrons. The van der Waals surface area contributed by atoms with E-state index in [4.69, 9.17) is 10.7 Å². The van der Waals surface area contributed by atoms with Gasteiger partial charge in [0.05, 0.1) is 28.1 Å². The van der Waals surface area contributed by atoms with Crippen LogP contribution in [0.5, 0.6) is 0 Å². The Bertz CT molecular complexity index is 1970. The fraction of sp³-hybridized carbons (Fsp3) is 0.0714. The Balaban J connectivity index is 1.48. The van der Waals surface area contributed by atoms with E-state index in [0.717, 1.165) is 0 Å². The first-order valence-corrected chi connectivity index (χ1v) is 12.9. The minimum Gasteiger partial charge on any atom is -0.381 e. The van der Waals surface area contributed by atoms with Gasteiger partial charge < -0.3 is 11.1 Å². The Kier molecular flexibility index (Phi) is 6.07. The number of amides is 1. The Labute approximate surface area is 225 Å². The molecule has 0 unspecified atom stereocenters. The van der Waals surface area contributed by atoms with E-state index in [1.54, 1.807) is 49.1 Å². The topological polar surface area (TPSA) is 133 Å². The SMILES string of the molecule is C[C@@H](NC(=O)c1c(N)nn2cccnc12)c1nc2cccc(C#Cc3cscn3)c2c(=O)n1-c1ccccc1. The van der Waals surface area contributed by atoms with Gasteiger partial charge in [-0.15, -0.1) is 16.4 Å². The number of para-hydroxylation sites is 1. The highest BCUT2D eigenvalue weighted by Gasteiger charge is 2.24. The lowest BCUT2D eigenvalue weighted by molar-refractivity contribution is 0.0940. The number of thiazole rings is 1. The van der Waals surface area contributed by atoms with Crippen LogP contribution in [0.25, 0.3) is 22.2 Å². The van der Waals surface area contributed by atoms with Gasteiger partial charge in [-0.25, -0.2) is 19.5 Å². The normalized spacial score (nSPS) is 11.7. The van der Waals surface area contributed by atoms with Crippen LogP contribution in [0.15, 0.2) is 82.7 Å². The van der Waals surface area contributed by atoms with Gasteiger partial charge in [-0.1, -0.05) is 30.2 Å². The highest BCUT2D eigenvalue weighted by Crippen LogP contribution is 2.22. The van der Waals surface area contributed by atoms with Crippen molar-refractivity contribution < 1.29 is 4.79 Å². The minimum atomic E-state index is -0.683. The van der Waals surface area contributed by atoms with Gasteiger partial charge in [0, 0.05) is 23.3 Å². The van der Waals surface area contributed by atoms with Crippen LogP contribution in [-0.4, -0.2) is 35.0 Å². The lowest BCUT2D eigenvalue weighted by atomic mass is 10.1. The molecule has 1 atom stereocenters. The number of nitrogens with zero attached hydrogens (tertiary/aromatic N) is 6. The highest BCUT2D eigenvalue weighted by molar-refractivity contribution is 7.07. The molecule has 2 aromatic carbocycles. The molecule has 10 nitrogen and oxygen atoms in total. The van der Waals surface area contributed by atoms with Gasteiger partial charge >= 0.3 is 0 Å². The van der Waals surface area contributed by atoms with Crippen molar-refractivity contribution in [2.75, 3.05) is 5.73 Å². The molecule has 0 saturated heterocycles. The van der Waals surface area contributed by atoms with Gasteiger partial charge in [-0.3, -0.25) is 14.2 Å². The van der Waals surface area contributed by atoms with Crippen LogP contribution in [0.3, 0.4) is 0 Å². The largest absolute Gasteiger partial charge is 0.381 e. The Morgan fingerprint density at radius 3 is 2.72 bits per heavy atom. The van der Waals surface area contributed by atoms with E-state index < -0.39 is 11.9 Å². The molecule has 0 fully saturated rings. The van der Waals surface area contributed by atoms with Crippen molar-refractivity contribution in [1.29, 1.82) is 0 Å². The standard InChI is InChI=1S/C28H20N8O2S/c1-17(32-27(37)23-24(29)34-35-14-6-13-30-26(23)35)25-33-21-10-5-7-18(11-12-19-15-39-16-31-19)22(21)28(38)36(25)20-8-3-2-4-9-20/h2-10,13-17H,1H3,(H2,29,34)(H,32,37)/t17-/m1/s1. The number of rotatable bonds is 4. The summed E-state index contributed by atoms with van der Waals surface area (Å²) >= 11 is 1.45. The van der Waals surface area contributed by atoms with Crippen LogP contribution in [-0.2, 0) is 0 Å². The Hall–Kier alpha value is -5.34. The fourth-order valence-electron chi connectivity index (χ4n) is 4.33. The second-order valence-corrected chi connectivity index (χ2v) is 9.33. The van der Waals surface area contributed by atoms with Gasteiger partial charge in [-0.2, -0.15) is 0 Å². The van der Waals surface area contributed by atoms with E-state index in [-0.39, 0.29) is 16.9 Å². The lowest BCUT2D eigenvalue weighted by Crippen LogP contribution is -2.33. The average Bonchev–Trinajstić information content (AvgIpc) is 3.59. The maximum atomic E-state index is 14.1. The van der Waals surface area contributed by atoms with Gasteiger partial charge in [0.1, 0.15) is 17.1 Å². The summed E-state index contributed by atoms with van der Waals surface area (Å²) in [6, 6.07) is 15.5. The molecule has 0 aliphatic rings. The number of benzene rings is 2.